The molecular weight excluding hydrogens is 566 g/mol. The average Bonchev–Trinajstić information content (AvgIpc) is 3.08. The van der Waals surface area contributed by atoms with Crippen LogP contribution in [0.25, 0.3) is 22.4 Å². The number of halogens is 1. The van der Waals surface area contributed by atoms with Gasteiger partial charge in [-0.3, -0.25) is 9.59 Å². The van der Waals surface area contributed by atoms with E-state index < -0.39 is 5.41 Å². The summed E-state index contributed by atoms with van der Waals surface area (Å²) in [4.78, 5) is 37.4. The third-order valence-corrected chi connectivity index (χ3v) is 7.94. The van der Waals surface area contributed by atoms with Crippen LogP contribution in [-0.4, -0.2) is 39.6 Å². The van der Waals surface area contributed by atoms with Crippen molar-refractivity contribution in [2.45, 2.75) is 80.6 Å². The molecule has 1 aliphatic heterocycles. The molecule has 0 radical (unpaired) electrons. The molecule has 5 nitrogen and oxygen atoms in total. The van der Waals surface area contributed by atoms with Gasteiger partial charge in [-0.05, 0) is 56.4 Å². The number of Topliss-reactive ketones (excluding diaryl/α,β-unsaturated/α-hetero) is 1. The van der Waals surface area contributed by atoms with Crippen molar-refractivity contribution in [1.82, 2.24) is 14.9 Å². The first-order chi connectivity index (χ1) is 21.3. The molecule has 1 saturated heterocycles. The Labute approximate surface area is 269 Å². The van der Waals surface area contributed by atoms with Gasteiger partial charge in [0.05, 0.1) is 16.1 Å². The summed E-state index contributed by atoms with van der Waals surface area (Å²) in [5.41, 5.74) is 5.77. The summed E-state index contributed by atoms with van der Waals surface area (Å²) in [6, 6.07) is 23.8. The molecule has 234 valence electrons. The molecule has 1 aliphatic rings. The van der Waals surface area contributed by atoms with Gasteiger partial charge in [-0.2, -0.15) is 0 Å². The van der Waals surface area contributed by atoms with Gasteiger partial charge in [-0.15, -0.1) is 0 Å². The van der Waals surface area contributed by atoms with E-state index in [1.807, 2.05) is 128 Å². The summed E-state index contributed by atoms with van der Waals surface area (Å²) in [6.45, 7) is 18.6. The summed E-state index contributed by atoms with van der Waals surface area (Å²) in [5.74, 6) is 0.0171. The van der Waals surface area contributed by atoms with Crippen LogP contribution >= 0.6 is 11.6 Å². The van der Waals surface area contributed by atoms with E-state index in [4.69, 9.17) is 16.6 Å². The van der Waals surface area contributed by atoms with E-state index in [1.54, 1.807) is 18.0 Å². The van der Waals surface area contributed by atoms with Crippen LogP contribution in [0.4, 0.5) is 0 Å². The van der Waals surface area contributed by atoms with Crippen molar-refractivity contribution in [3.05, 3.63) is 107 Å². The van der Waals surface area contributed by atoms with Gasteiger partial charge in [0.2, 0.25) is 5.82 Å². The predicted octanol–water partition coefficient (Wildman–Crippen LogP) is 9.92. The zero-order valence-corrected chi connectivity index (χ0v) is 28.6. The topological polar surface area (TPSA) is 63.2 Å². The van der Waals surface area contributed by atoms with E-state index >= 15 is 0 Å². The summed E-state index contributed by atoms with van der Waals surface area (Å²) < 4.78 is 0. The molecule has 5 rings (SSSR count). The summed E-state index contributed by atoms with van der Waals surface area (Å²) in [7, 11) is 0. The number of likely N-dealkylation sites (tertiary alicyclic amines) is 1. The molecule has 2 heterocycles. The van der Waals surface area contributed by atoms with Crippen LogP contribution in [0.2, 0.25) is 5.02 Å². The monoisotopic (exact) mass is 613 g/mol. The third kappa shape index (κ3) is 8.21. The molecule has 0 saturated carbocycles. The van der Waals surface area contributed by atoms with Crippen LogP contribution < -0.4 is 0 Å². The summed E-state index contributed by atoms with van der Waals surface area (Å²) in [5, 5.41) is 0.572. The lowest BCUT2D eigenvalue weighted by Crippen LogP contribution is -2.48. The second kappa shape index (κ2) is 17.5. The molecule has 0 bridgehead atoms. The number of benzene rings is 3. The Kier molecular flexibility index (Phi) is 14.4. The molecule has 1 amide bonds. The lowest BCUT2D eigenvalue weighted by molar-refractivity contribution is -0.124. The van der Waals surface area contributed by atoms with Gasteiger partial charge >= 0.3 is 0 Å². The van der Waals surface area contributed by atoms with E-state index in [0.717, 1.165) is 33.4 Å². The maximum absolute atomic E-state index is 13.6. The van der Waals surface area contributed by atoms with Crippen LogP contribution in [0.5, 0.6) is 0 Å². The number of piperidine rings is 1. The van der Waals surface area contributed by atoms with Crippen molar-refractivity contribution in [2.24, 2.45) is 0 Å². The molecule has 1 fully saturated rings. The molecule has 0 aliphatic carbocycles. The third-order valence-electron chi connectivity index (χ3n) is 7.63. The van der Waals surface area contributed by atoms with Crippen LogP contribution in [0.3, 0.4) is 0 Å². The highest BCUT2D eigenvalue weighted by molar-refractivity contribution is 6.33. The zero-order chi connectivity index (χ0) is 32.9. The minimum absolute atomic E-state index is 0.127. The van der Waals surface area contributed by atoms with Crippen LogP contribution in [0, 0.1) is 13.8 Å². The molecule has 0 unspecified atom stereocenters. The average molecular weight is 614 g/mol. The van der Waals surface area contributed by atoms with Crippen LogP contribution in [-0.2, 0) is 10.2 Å². The molecule has 6 heteroatoms. The molecule has 1 aromatic heterocycles. The lowest BCUT2D eigenvalue weighted by Gasteiger charge is -2.40. The zero-order valence-electron chi connectivity index (χ0n) is 27.9. The van der Waals surface area contributed by atoms with Gasteiger partial charge in [0.25, 0.3) is 5.91 Å². The maximum Gasteiger partial charge on any atom is 0.291 e. The van der Waals surface area contributed by atoms with E-state index in [-0.39, 0.29) is 17.5 Å². The summed E-state index contributed by atoms with van der Waals surface area (Å²) >= 11 is 6.66. The Bertz CT molecular complexity index is 1490. The highest BCUT2D eigenvalue weighted by Crippen LogP contribution is 2.38. The molecule has 0 spiro atoms. The van der Waals surface area contributed by atoms with Gasteiger partial charge in [0, 0.05) is 30.4 Å². The number of amides is 1. The highest BCUT2D eigenvalue weighted by Gasteiger charge is 2.41. The van der Waals surface area contributed by atoms with Gasteiger partial charge < -0.3 is 4.90 Å². The Morgan fingerprint density at radius 3 is 1.89 bits per heavy atom. The second-order valence-electron chi connectivity index (χ2n) is 10.1. The minimum Gasteiger partial charge on any atom is -0.336 e. The predicted molar refractivity (Wildman–Crippen MR) is 185 cm³/mol. The molecule has 4 aromatic rings. The van der Waals surface area contributed by atoms with Crippen LogP contribution in [0.15, 0.2) is 79.0 Å². The van der Waals surface area contributed by atoms with Crippen molar-refractivity contribution >= 4 is 23.3 Å². The van der Waals surface area contributed by atoms with E-state index in [0.29, 0.717) is 36.6 Å². The Morgan fingerprint density at radius 2 is 1.34 bits per heavy atom. The van der Waals surface area contributed by atoms with Gasteiger partial charge in [-0.25, -0.2) is 9.97 Å². The fraction of sp³-hybridized carbons (Fsp3) is 0.368. The smallest absolute Gasteiger partial charge is 0.291 e. The van der Waals surface area contributed by atoms with Crippen molar-refractivity contribution in [2.75, 3.05) is 13.1 Å². The van der Waals surface area contributed by atoms with E-state index in [9.17, 15) is 9.59 Å². The largest absolute Gasteiger partial charge is 0.336 e. The number of ketones is 1. The number of carbonyl (C=O) groups excluding carboxylic acids is 2. The fourth-order valence-electron chi connectivity index (χ4n) is 5.28. The number of hydrogen-bond acceptors (Lipinski definition) is 4. The Morgan fingerprint density at radius 1 is 0.773 bits per heavy atom. The first kappa shape index (κ1) is 36.4. The minimum atomic E-state index is -0.575. The molecule has 3 aromatic carbocycles. The SMILES string of the molecule is CC.CC.CC.CC(=O)C1(c2ccccc2)CCN(C(=O)c2ncc(-c3ccc(C)cc3)c(-c3ccc(C)cc3Cl)n2)CC1. The van der Waals surface area contributed by atoms with E-state index in [1.165, 1.54) is 0 Å². The number of carbonyl (C=O) groups is 2. The molecular formula is C38H48ClN3O2. The second-order valence-corrected chi connectivity index (χ2v) is 10.5. The van der Waals surface area contributed by atoms with E-state index in [2.05, 4.69) is 4.98 Å². The number of aryl methyl sites for hydroxylation is 2. The maximum atomic E-state index is 13.6. The van der Waals surface area contributed by atoms with Crippen molar-refractivity contribution in [1.29, 1.82) is 0 Å². The lowest BCUT2D eigenvalue weighted by atomic mass is 9.70. The van der Waals surface area contributed by atoms with Gasteiger partial charge in [0.15, 0.2) is 0 Å². The number of hydrogen-bond donors (Lipinski definition) is 0. The number of rotatable bonds is 5. The van der Waals surface area contributed by atoms with Gasteiger partial charge in [-0.1, -0.05) is 125 Å². The summed E-state index contributed by atoms with van der Waals surface area (Å²) in [6.07, 6.45) is 2.84. The standard InChI is InChI=1S/C32H30ClN3O2.3C2H6/c1-21-9-12-24(13-10-21)27-20-34-30(35-29(27)26-14-11-22(2)19-28(26)33)31(38)36-17-15-32(16-18-36,23(3)37)25-7-5-4-6-8-25;3*1-2/h4-14,19-20H,15-18H2,1-3H3;3*1-2H3. The highest BCUT2D eigenvalue weighted by atomic mass is 35.5. The van der Waals surface area contributed by atoms with Crippen molar-refractivity contribution in [3.63, 3.8) is 0 Å². The molecule has 0 atom stereocenters. The normalized spacial score (nSPS) is 13.2. The van der Waals surface area contributed by atoms with Crippen molar-refractivity contribution < 1.29 is 9.59 Å². The Hall–Kier alpha value is -3.83. The molecule has 0 N–H and O–H groups in total. The quantitative estimate of drug-likeness (QED) is 0.225. The van der Waals surface area contributed by atoms with Crippen molar-refractivity contribution in [3.8, 4) is 22.4 Å². The first-order valence-corrected chi connectivity index (χ1v) is 16.2. The number of nitrogens with zero attached hydrogens (tertiary/aromatic N) is 3. The van der Waals surface area contributed by atoms with Crippen LogP contribution in [0.1, 0.15) is 88.6 Å². The fourth-order valence-corrected chi connectivity index (χ4v) is 5.61. The molecule has 44 heavy (non-hydrogen) atoms. The van der Waals surface area contributed by atoms with Gasteiger partial charge in [0.1, 0.15) is 5.78 Å². The Balaban J connectivity index is 0.00000106. The number of aromatic nitrogens is 2. The first-order valence-electron chi connectivity index (χ1n) is 15.8.